The van der Waals surface area contributed by atoms with Crippen LogP contribution < -0.4 is 15.0 Å². The summed E-state index contributed by atoms with van der Waals surface area (Å²) in [4.78, 5) is 53.1. The first kappa shape index (κ1) is 37.7. The van der Waals surface area contributed by atoms with Gasteiger partial charge in [-0.2, -0.15) is 26.3 Å². The van der Waals surface area contributed by atoms with Crippen molar-refractivity contribution in [3.05, 3.63) is 70.2 Å². The number of alkyl halides is 6. The van der Waals surface area contributed by atoms with Gasteiger partial charge in [-0.1, -0.05) is 6.92 Å². The number of ether oxygens (including phenoxy) is 2. The number of rotatable bonds is 11. The van der Waals surface area contributed by atoms with E-state index in [4.69, 9.17) is 14.6 Å². The number of anilines is 2. The Hall–Kier alpha value is -5.16. The molecule has 1 aromatic carbocycles. The largest absolute Gasteiger partial charge is 0.481 e. The van der Waals surface area contributed by atoms with E-state index in [1.165, 1.54) is 19.1 Å². The van der Waals surface area contributed by atoms with Crippen LogP contribution in [0.4, 0.5) is 42.8 Å². The van der Waals surface area contributed by atoms with Crippen molar-refractivity contribution in [2.75, 3.05) is 37.5 Å². The van der Waals surface area contributed by atoms with E-state index in [-0.39, 0.29) is 48.7 Å². The molecule has 2 N–H and O–H groups in total. The lowest BCUT2D eigenvalue weighted by Crippen LogP contribution is -2.46. The first-order valence-electron chi connectivity index (χ1n) is 15.4. The van der Waals surface area contributed by atoms with Crippen molar-refractivity contribution in [3.8, 4) is 5.88 Å². The number of aromatic nitrogens is 3. The molecule has 50 heavy (non-hydrogen) atoms. The summed E-state index contributed by atoms with van der Waals surface area (Å²) in [5, 5.41) is 12.2. The van der Waals surface area contributed by atoms with Crippen molar-refractivity contribution >= 4 is 29.6 Å². The van der Waals surface area contributed by atoms with Crippen molar-refractivity contribution in [2.24, 2.45) is 0 Å². The summed E-state index contributed by atoms with van der Waals surface area (Å²) in [6, 6.07) is 3.17. The molecule has 4 rings (SSSR count). The van der Waals surface area contributed by atoms with Crippen LogP contribution in [0.2, 0.25) is 0 Å². The summed E-state index contributed by atoms with van der Waals surface area (Å²) in [6.45, 7) is 3.39. The number of nitrogens with zero attached hydrogens (tertiary/aromatic N) is 5. The lowest BCUT2D eigenvalue weighted by Gasteiger charge is -2.39. The second kappa shape index (κ2) is 15.2. The number of aliphatic carboxylic acids is 1. The fraction of sp³-hybridized carbons (Fsp3) is 0.438. The third kappa shape index (κ3) is 8.70. The van der Waals surface area contributed by atoms with E-state index >= 15 is 0 Å². The summed E-state index contributed by atoms with van der Waals surface area (Å²) >= 11 is 0. The standard InChI is InChI=1S/C32H34F6N6O6/c1-5-20-15-23(27-24(7-8-25(42-27)49-4)44(20)30(48)50-6-2)41-29-39-16-21(28(47)43(3)10-9-26(45)46)22(40-29)13-17-11-18(31(33,34)35)14-19(12-17)32(36,37)38/h7-8,11-12,14,16,20,23H,5-6,9-10,13,15H2,1-4H3,(H,45,46)(H,39,40,41)/t20-,23+/m1/s1. The van der Waals surface area contributed by atoms with E-state index in [2.05, 4.69) is 20.3 Å². The predicted molar refractivity (Wildman–Crippen MR) is 166 cm³/mol. The summed E-state index contributed by atoms with van der Waals surface area (Å²) in [6.07, 6.45) is -10.1. The molecule has 270 valence electrons. The van der Waals surface area contributed by atoms with E-state index in [1.807, 2.05) is 6.92 Å². The van der Waals surface area contributed by atoms with E-state index in [9.17, 15) is 40.7 Å². The molecule has 0 fully saturated rings. The van der Waals surface area contributed by atoms with Crippen LogP contribution in [0.3, 0.4) is 0 Å². The molecule has 2 amide bonds. The highest BCUT2D eigenvalue weighted by Gasteiger charge is 2.39. The number of carbonyl (C=O) groups is 3. The minimum Gasteiger partial charge on any atom is -0.481 e. The number of hydrogen-bond donors (Lipinski definition) is 2. The lowest BCUT2D eigenvalue weighted by molar-refractivity contribution is -0.143. The van der Waals surface area contributed by atoms with Gasteiger partial charge in [0.15, 0.2) is 0 Å². The summed E-state index contributed by atoms with van der Waals surface area (Å²) in [5.41, 5.74) is -3.28. The molecule has 0 radical (unpaired) electrons. The highest BCUT2D eigenvalue weighted by Crippen LogP contribution is 2.41. The second-order valence-corrected chi connectivity index (χ2v) is 11.3. The van der Waals surface area contributed by atoms with Crippen LogP contribution in [0, 0.1) is 0 Å². The minimum atomic E-state index is -5.11. The first-order chi connectivity index (χ1) is 23.5. The Kier molecular flexibility index (Phi) is 11.4. The zero-order valence-electron chi connectivity index (χ0n) is 27.4. The van der Waals surface area contributed by atoms with E-state index in [1.54, 1.807) is 19.1 Å². The van der Waals surface area contributed by atoms with Gasteiger partial charge in [0.1, 0.15) is 0 Å². The monoisotopic (exact) mass is 712 g/mol. The molecule has 0 spiro atoms. The number of halogens is 6. The van der Waals surface area contributed by atoms with Gasteiger partial charge in [0.25, 0.3) is 5.91 Å². The number of amides is 2. The number of nitrogens with one attached hydrogen (secondary N) is 1. The number of carboxylic acid groups (broad SMARTS) is 1. The average molecular weight is 713 g/mol. The zero-order chi connectivity index (χ0) is 37.0. The van der Waals surface area contributed by atoms with Crippen LogP contribution in [0.25, 0.3) is 0 Å². The Morgan fingerprint density at radius 2 is 1.70 bits per heavy atom. The zero-order valence-corrected chi connectivity index (χ0v) is 27.4. The van der Waals surface area contributed by atoms with Gasteiger partial charge >= 0.3 is 24.4 Å². The number of benzene rings is 1. The van der Waals surface area contributed by atoms with Crippen molar-refractivity contribution in [3.63, 3.8) is 0 Å². The Labute approximate surface area is 282 Å². The number of carbonyl (C=O) groups excluding carboxylic acids is 2. The Morgan fingerprint density at radius 3 is 2.26 bits per heavy atom. The van der Waals surface area contributed by atoms with Crippen LogP contribution in [-0.4, -0.2) is 76.3 Å². The van der Waals surface area contributed by atoms with Crippen molar-refractivity contribution in [2.45, 2.75) is 64.0 Å². The van der Waals surface area contributed by atoms with Crippen molar-refractivity contribution < 1.29 is 55.3 Å². The molecule has 2 atom stereocenters. The lowest BCUT2D eigenvalue weighted by atomic mass is 9.93. The first-order valence-corrected chi connectivity index (χ1v) is 15.4. The van der Waals surface area contributed by atoms with Crippen molar-refractivity contribution in [1.82, 2.24) is 19.9 Å². The maximum atomic E-state index is 13.7. The van der Waals surface area contributed by atoms with Gasteiger partial charge in [-0.05, 0) is 49.6 Å². The average Bonchev–Trinajstić information content (AvgIpc) is 3.05. The van der Waals surface area contributed by atoms with Gasteiger partial charge in [-0.25, -0.2) is 19.7 Å². The molecule has 12 nitrogen and oxygen atoms in total. The highest BCUT2D eigenvalue weighted by molar-refractivity contribution is 5.95. The van der Waals surface area contributed by atoms with Gasteiger partial charge in [0, 0.05) is 38.3 Å². The fourth-order valence-electron chi connectivity index (χ4n) is 5.47. The molecular weight excluding hydrogens is 678 g/mol. The van der Waals surface area contributed by atoms with Gasteiger partial charge in [0.2, 0.25) is 11.8 Å². The van der Waals surface area contributed by atoms with Crippen LogP contribution in [0.1, 0.15) is 77.6 Å². The quantitative estimate of drug-likeness (QED) is 0.216. The molecule has 1 aliphatic rings. The third-order valence-corrected chi connectivity index (χ3v) is 7.91. The molecular formula is C32H34F6N6O6. The highest BCUT2D eigenvalue weighted by atomic mass is 19.4. The molecule has 0 saturated heterocycles. The number of pyridine rings is 1. The Balaban J connectivity index is 1.81. The van der Waals surface area contributed by atoms with Crippen molar-refractivity contribution in [1.29, 1.82) is 0 Å². The predicted octanol–water partition coefficient (Wildman–Crippen LogP) is 6.35. The number of methoxy groups -OCH3 is 1. The van der Waals surface area contributed by atoms with Crippen LogP contribution >= 0.6 is 0 Å². The van der Waals surface area contributed by atoms with Crippen LogP contribution in [0.5, 0.6) is 5.88 Å². The smallest absolute Gasteiger partial charge is 0.416 e. The topological polar surface area (TPSA) is 147 Å². The second-order valence-electron chi connectivity index (χ2n) is 11.3. The normalized spacial score (nSPS) is 16.0. The summed E-state index contributed by atoms with van der Waals surface area (Å²) in [7, 11) is 2.68. The van der Waals surface area contributed by atoms with Crippen LogP contribution in [0.15, 0.2) is 36.5 Å². The number of hydrogen-bond acceptors (Lipinski definition) is 9. The maximum absolute atomic E-state index is 13.7. The van der Waals surface area contributed by atoms with Gasteiger partial charge < -0.3 is 24.8 Å². The molecule has 3 aromatic rings. The molecule has 0 aliphatic carbocycles. The Bertz CT molecular complexity index is 1700. The molecule has 2 aromatic heterocycles. The molecule has 0 saturated carbocycles. The molecule has 0 bridgehead atoms. The summed E-state index contributed by atoms with van der Waals surface area (Å²) < 4.78 is 92.5. The third-order valence-electron chi connectivity index (χ3n) is 7.91. The fourth-order valence-corrected chi connectivity index (χ4v) is 5.47. The number of carboxylic acids is 1. The molecule has 0 unspecified atom stereocenters. The van der Waals surface area contributed by atoms with Crippen LogP contribution in [-0.2, 0) is 28.3 Å². The van der Waals surface area contributed by atoms with E-state index < -0.39 is 71.9 Å². The summed E-state index contributed by atoms with van der Waals surface area (Å²) in [5.74, 6) is -1.94. The molecule has 3 heterocycles. The van der Waals surface area contributed by atoms with E-state index in [0.29, 0.717) is 29.9 Å². The van der Waals surface area contributed by atoms with Gasteiger partial charge in [0.05, 0.1) is 59.9 Å². The minimum absolute atomic E-state index is 0.00622. The van der Waals surface area contributed by atoms with Gasteiger partial charge in [-0.3, -0.25) is 14.5 Å². The van der Waals surface area contributed by atoms with Gasteiger partial charge in [-0.15, -0.1) is 0 Å². The SMILES string of the molecule is CCOC(=O)N1c2ccc(OC)nc2[C@@H](Nc2ncc(C(=O)N(C)CCC(=O)O)c(Cc3cc(C(F)(F)F)cc(C(F)(F)F)c3)n2)C[C@H]1CC. The number of fused-ring (bicyclic) bond motifs is 1. The maximum Gasteiger partial charge on any atom is 0.416 e. The van der Waals surface area contributed by atoms with E-state index in [0.717, 1.165) is 11.1 Å². The Morgan fingerprint density at radius 1 is 1.04 bits per heavy atom. The molecule has 18 heteroatoms. The molecule has 1 aliphatic heterocycles.